The van der Waals surface area contributed by atoms with Crippen molar-refractivity contribution < 1.29 is 4.79 Å². The highest BCUT2D eigenvalue weighted by Crippen LogP contribution is 2.34. The van der Waals surface area contributed by atoms with E-state index in [1.165, 1.54) is 11.1 Å². The van der Waals surface area contributed by atoms with Crippen LogP contribution in [0.15, 0.2) is 36.7 Å². The van der Waals surface area contributed by atoms with E-state index in [1.54, 1.807) is 6.20 Å². The van der Waals surface area contributed by atoms with Crippen LogP contribution < -0.4 is 16.0 Å². The van der Waals surface area contributed by atoms with Crippen LogP contribution in [-0.2, 0) is 13.0 Å². The highest BCUT2D eigenvalue weighted by atomic mass is 16.1. The highest BCUT2D eigenvalue weighted by Gasteiger charge is 2.24. The fourth-order valence-corrected chi connectivity index (χ4v) is 4.01. The zero-order valence-electron chi connectivity index (χ0n) is 19.3. The van der Waals surface area contributed by atoms with Crippen LogP contribution in [0.1, 0.15) is 54.2 Å². The molecule has 0 atom stereocenters. The van der Waals surface area contributed by atoms with Gasteiger partial charge in [0.2, 0.25) is 5.95 Å². The molecule has 0 unspecified atom stereocenters. The predicted octanol–water partition coefficient (Wildman–Crippen LogP) is 3.62. The van der Waals surface area contributed by atoms with E-state index in [0.717, 1.165) is 38.0 Å². The van der Waals surface area contributed by atoms with Crippen LogP contribution in [0.5, 0.6) is 0 Å². The van der Waals surface area contributed by atoms with E-state index < -0.39 is 0 Å². The molecule has 0 radical (unpaired) electrons. The van der Waals surface area contributed by atoms with E-state index in [-0.39, 0.29) is 11.9 Å². The lowest BCUT2D eigenvalue weighted by molar-refractivity contribution is 0.0943. The first-order valence-corrected chi connectivity index (χ1v) is 11.5. The molecule has 3 heterocycles. The number of carbonyl (C=O) groups is 1. The summed E-state index contributed by atoms with van der Waals surface area (Å²) in [4.78, 5) is 24.1. The maximum atomic E-state index is 12.8. The number of carbonyl (C=O) groups excluding carboxylic acids is 1. The molecule has 5 rings (SSSR count). The first-order chi connectivity index (χ1) is 15.9. The Bertz CT molecular complexity index is 1170. The summed E-state index contributed by atoms with van der Waals surface area (Å²) < 4.78 is 1.96. The number of nitrogens with one attached hydrogen (secondary N) is 3. The zero-order chi connectivity index (χ0) is 22.9. The number of amides is 1. The molecular formula is C24H30N8O. The monoisotopic (exact) mass is 446 g/mol. The van der Waals surface area contributed by atoms with E-state index in [1.807, 2.05) is 36.9 Å². The molecule has 1 saturated carbocycles. The first kappa shape index (κ1) is 21.4. The molecule has 9 nitrogen and oxygen atoms in total. The van der Waals surface area contributed by atoms with Crippen molar-refractivity contribution in [1.82, 2.24) is 30.0 Å². The predicted molar refractivity (Wildman–Crippen MR) is 128 cm³/mol. The van der Waals surface area contributed by atoms with Crippen molar-refractivity contribution in [2.45, 2.75) is 51.7 Å². The summed E-state index contributed by atoms with van der Waals surface area (Å²) in [5.41, 5.74) is 4.00. The van der Waals surface area contributed by atoms with Gasteiger partial charge in [-0.2, -0.15) is 10.1 Å². The Morgan fingerprint density at radius 1 is 1.15 bits per heavy atom. The van der Waals surface area contributed by atoms with Gasteiger partial charge in [-0.1, -0.05) is 6.07 Å². The molecule has 0 bridgehead atoms. The summed E-state index contributed by atoms with van der Waals surface area (Å²) in [6.45, 7) is 5.86. The van der Waals surface area contributed by atoms with E-state index in [0.29, 0.717) is 29.2 Å². The summed E-state index contributed by atoms with van der Waals surface area (Å²) >= 11 is 0. The zero-order valence-corrected chi connectivity index (χ0v) is 19.3. The minimum atomic E-state index is -0.224. The average Bonchev–Trinajstić information content (AvgIpc) is 3.52. The molecule has 0 saturated heterocycles. The molecule has 3 N–H and O–H groups in total. The molecule has 33 heavy (non-hydrogen) atoms. The van der Waals surface area contributed by atoms with Crippen molar-refractivity contribution in [2.75, 3.05) is 24.2 Å². The van der Waals surface area contributed by atoms with Crippen LogP contribution in [0.2, 0.25) is 0 Å². The summed E-state index contributed by atoms with van der Waals surface area (Å²) in [5, 5.41) is 14.0. The number of benzene rings is 1. The molecule has 1 aliphatic heterocycles. The quantitative estimate of drug-likeness (QED) is 0.510. The van der Waals surface area contributed by atoms with Crippen LogP contribution in [0.4, 0.5) is 23.3 Å². The fraction of sp³-hybridized carbons (Fsp3) is 0.417. The van der Waals surface area contributed by atoms with Gasteiger partial charge in [-0.05, 0) is 63.4 Å². The largest absolute Gasteiger partial charge is 0.350 e. The van der Waals surface area contributed by atoms with Crippen LogP contribution in [-0.4, -0.2) is 50.2 Å². The van der Waals surface area contributed by atoms with E-state index >= 15 is 0 Å². The molecule has 1 aromatic carbocycles. The number of aromatic nitrogens is 4. The second-order valence-electron chi connectivity index (χ2n) is 9.22. The first-order valence-electron chi connectivity index (χ1n) is 11.5. The normalized spacial score (nSPS) is 15.9. The highest BCUT2D eigenvalue weighted by molar-refractivity contribution is 5.99. The molecule has 172 valence electrons. The second-order valence-corrected chi connectivity index (χ2v) is 9.22. The number of fused-ring (bicyclic) bond motifs is 1. The Kier molecular flexibility index (Phi) is 5.72. The van der Waals surface area contributed by atoms with Crippen molar-refractivity contribution in [2.24, 2.45) is 0 Å². The van der Waals surface area contributed by atoms with E-state index in [9.17, 15) is 4.79 Å². The van der Waals surface area contributed by atoms with Gasteiger partial charge in [-0.15, -0.1) is 0 Å². The topological polar surface area (TPSA) is 100 Å². The Balaban J connectivity index is 1.40. The summed E-state index contributed by atoms with van der Waals surface area (Å²) in [6.07, 6.45) is 6.84. The number of hydrogen-bond donors (Lipinski definition) is 3. The Morgan fingerprint density at radius 3 is 2.79 bits per heavy atom. The van der Waals surface area contributed by atoms with Crippen LogP contribution in [0.3, 0.4) is 0 Å². The standard InChI is InChI=1S/C24H30N8O/c1-15(2)26-23(33)20-13-25-24(27-18-5-4-17-14-31(3)10-8-16(17)12-18)29-22(20)28-21-9-11-32(30-21)19-6-7-19/h4-5,9,11-13,15,19H,6-8,10,14H2,1-3H3,(H,26,33)(H2,25,27,28,29,30). The molecule has 3 aromatic rings. The Labute approximate surface area is 193 Å². The van der Waals surface area contributed by atoms with Crippen LogP contribution in [0.25, 0.3) is 0 Å². The van der Waals surface area contributed by atoms with Crippen molar-refractivity contribution in [1.29, 1.82) is 0 Å². The van der Waals surface area contributed by atoms with Gasteiger partial charge in [-0.25, -0.2) is 4.98 Å². The van der Waals surface area contributed by atoms with Crippen molar-refractivity contribution >= 4 is 29.2 Å². The molecule has 0 spiro atoms. The van der Waals surface area contributed by atoms with Crippen LogP contribution >= 0.6 is 0 Å². The minimum absolute atomic E-state index is 0.00627. The molecule has 2 aromatic heterocycles. The van der Waals surface area contributed by atoms with Crippen molar-refractivity contribution in [3.8, 4) is 0 Å². The Hall–Kier alpha value is -3.46. The number of anilines is 4. The van der Waals surface area contributed by atoms with Gasteiger partial charge in [0.25, 0.3) is 5.91 Å². The lowest BCUT2D eigenvalue weighted by Gasteiger charge is -2.25. The van der Waals surface area contributed by atoms with Gasteiger partial charge in [0.15, 0.2) is 5.82 Å². The molecule has 1 fully saturated rings. The van der Waals surface area contributed by atoms with Crippen molar-refractivity contribution in [3.05, 3.63) is 53.3 Å². The van der Waals surface area contributed by atoms with Gasteiger partial charge in [0.05, 0.1) is 6.04 Å². The molecular weight excluding hydrogens is 416 g/mol. The molecule has 9 heteroatoms. The van der Waals surface area contributed by atoms with E-state index in [4.69, 9.17) is 0 Å². The van der Waals surface area contributed by atoms with Gasteiger partial charge >= 0.3 is 0 Å². The molecule has 1 aliphatic carbocycles. The second kappa shape index (κ2) is 8.82. The van der Waals surface area contributed by atoms with Crippen LogP contribution in [0, 0.1) is 0 Å². The summed E-state index contributed by atoms with van der Waals surface area (Å²) in [7, 11) is 2.14. The summed E-state index contributed by atoms with van der Waals surface area (Å²) in [5.74, 6) is 1.28. The van der Waals surface area contributed by atoms with Crippen molar-refractivity contribution in [3.63, 3.8) is 0 Å². The fourth-order valence-electron chi connectivity index (χ4n) is 4.01. The molecule has 1 amide bonds. The third-order valence-electron chi connectivity index (χ3n) is 5.89. The number of likely N-dealkylation sites (N-methyl/N-ethyl adjacent to an activating group) is 1. The van der Waals surface area contributed by atoms with Gasteiger partial charge in [-0.3, -0.25) is 9.48 Å². The average molecular weight is 447 g/mol. The number of hydrogen-bond acceptors (Lipinski definition) is 7. The van der Waals surface area contributed by atoms with Gasteiger partial charge in [0, 0.05) is 43.3 Å². The number of nitrogens with zero attached hydrogens (tertiary/aromatic N) is 5. The minimum Gasteiger partial charge on any atom is -0.350 e. The Morgan fingerprint density at radius 2 is 2.00 bits per heavy atom. The third-order valence-corrected chi connectivity index (χ3v) is 5.89. The van der Waals surface area contributed by atoms with E-state index in [2.05, 4.69) is 55.1 Å². The third kappa shape index (κ3) is 4.98. The SMILES string of the molecule is CC(C)NC(=O)c1cnc(Nc2ccc3c(c2)CCN(C)C3)nc1Nc1ccn(C2CC2)n1. The van der Waals surface area contributed by atoms with Gasteiger partial charge < -0.3 is 20.9 Å². The lowest BCUT2D eigenvalue weighted by atomic mass is 9.99. The maximum Gasteiger partial charge on any atom is 0.256 e. The van der Waals surface area contributed by atoms with Gasteiger partial charge in [0.1, 0.15) is 11.4 Å². The molecule has 2 aliphatic rings. The summed E-state index contributed by atoms with van der Waals surface area (Å²) in [6, 6.07) is 8.75. The lowest BCUT2D eigenvalue weighted by Crippen LogP contribution is -2.31. The maximum absolute atomic E-state index is 12.8. The number of rotatable bonds is 7. The smallest absolute Gasteiger partial charge is 0.256 e.